The first-order valence-corrected chi connectivity index (χ1v) is 8.92. The zero-order chi connectivity index (χ0) is 19.9. The van der Waals surface area contributed by atoms with Crippen molar-refractivity contribution in [3.05, 3.63) is 28.5 Å². The van der Waals surface area contributed by atoms with Crippen molar-refractivity contribution < 1.29 is 9.53 Å². The number of halogens is 1. The molecule has 0 atom stereocenters. The number of carbonyl (C=O) groups is 1. The lowest BCUT2D eigenvalue weighted by molar-refractivity contribution is -0.154. The van der Waals surface area contributed by atoms with Crippen LogP contribution in [0.15, 0.2) is 28.0 Å². The fourth-order valence-corrected chi connectivity index (χ4v) is 1.45. The highest BCUT2D eigenvalue weighted by molar-refractivity contribution is 9.10. The number of rotatable bonds is 4. The van der Waals surface area contributed by atoms with Gasteiger partial charge in [0.05, 0.1) is 6.42 Å². The minimum atomic E-state index is -0.463. The minimum Gasteiger partial charge on any atom is -0.460 e. The van der Waals surface area contributed by atoms with Crippen LogP contribution in [-0.4, -0.2) is 22.4 Å². The van der Waals surface area contributed by atoms with Gasteiger partial charge in [0, 0.05) is 12.6 Å². The number of esters is 1. The molecule has 8 heteroatoms. The van der Waals surface area contributed by atoms with E-state index in [-0.39, 0.29) is 18.2 Å². The van der Waals surface area contributed by atoms with Crippen LogP contribution >= 0.6 is 15.9 Å². The number of pyridine rings is 1. The highest BCUT2D eigenvalue weighted by Crippen LogP contribution is 2.08. The number of amidine groups is 1. The first-order valence-electron chi connectivity index (χ1n) is 8.13. The largest absolute Gasteiger partial charge is 0.460 e. The van der Waals surface area contributed by atoms with Gasteiger partial charge in [0.25, 0.3) is 0 Å². The van der Waals surface area contributed by atoms with Crippen molar-refractivity contribution >= 4 is 27.7 Å². The molecule has 0 saturated heterocycles. The maximum atomic E-state index is 11.2. The number of hydrazine groups is 1. The number of aromatic nitrogens is 1. The van der Waals surface area contributed by atoms with Crippen LogP contribution in [0.2, 0.25) is 0 Å². The van der Waals surface area contributed by atoms with Crippen LogP contribution in [0.3, 0.4) is 0 Å². The predicted octanol–water partition coefficient (Wildman–Crippen LogP) is 3.41. The standard InChI is InChI=1S/C8H18N4O2.C6H6BrN.C3H8/c1-8(2,3)14-7(13)5-4-6(9)11-12-10;1-5-2-3-6(7)8-4-5;1-3-2/h12H,4-5,10H2,1-3H3,(H2,9,11);2-4H,1H3;3H2,1-2H3. The SMILES string of the molecule is CC(C)(C)OC(=O)CC/C(N)=N/NN.CCC.Cc1ccc(Br)nc1. The summed E-state index contributed by atoms with van der Waals surface area (Å²) in [5, 5.41) is 3.51. The minimum absolute atomic E-state index is 0.203. The Hall–Kier alpha value is -1.67. The number of nitrogens with two attached hydrogens (primary N) is 2. The van der Waals surface area contributed by atoms with Gasteiger partial charge in [-0.15, -0.1) is 0 Å². The zero-order valence-corrected chi connectivity index (χ0v) is 17.7. The topological polar surface area (TPSA) is 116 Å². The number of aryl methyl sites for hydroxylation is 1. The van der Waals surface area contributed by atoms with Crippen LogP contribution < -0.4 is 17.1 Å². The molecule has 25 heavy (non-hydrogen) atoms. The summed E-state index contributed by atoms with van der Waals surface area (Å²) in [5.41, 5.74) is 8.17. The summed E-state index contributed by atoms with van der Waals surface area (Å²) in [4.78, 5) is 15.2. The second kappa shape index (κ2) is 14.7. The molecule has 1 aromatic rings. The van der Waals surface area contributed by atoms with Crippen LogP contribution in [0.4, 0.5) is 0 Å². The third kappa shape index (κ3) is 20.3. The molecule has 5 N–H and O–H groups in total. The Morgan fingerprint density at radius 3 is 2.24 bits per heavy atom. The van der Waals surface area contributed by atoms with Gasteiger partial charge in [-0.1, -0.05) is 26.3 Å². The maximum Gasteiger partial charge on any atom is 0.306 e. The van der Waals surface area contributed by atoms with Gasteiger partial charge in [-0.05, 0) is 55.3 Å². The molecular formula is C17H32BrN5O2. The molecule has 0 spiro atoms. The van der Waals surface area contributed by atoms with Crippen molar-refractivity contribution in [1.82, 2.24) is 10.5 Å². The highest BCUT2D eigenvalue weighted by atomic mass is 79.9. The normalized spacial score (nSPS) is 10.6. The lowest BCUT2D eigenvalue weighted by Crippen LogP contribution is -2.26. The van der Waals surface area contributed by atoms with Gasteiger partial charge < -0.3 is 10.5 Å². The third-order valence-corrected chi connectivity index (χ3v) is 2.56. The zero-order valence-electron chi connectivity index (χ0n) is 16.1. The van der Waals surface area contributed by atoms with Gasteiger partial charge in [-0.2, -0.15) is 5.10 Å². The summed E-state index contributed by atoms with van der Waals surface area (Å²) in [5.74, 6) is 4.88. The molecule has 0 saturated carbocycles. The smallest absolute Gasteiger partial charge is 0.306 e. The van der Waals surface area contributed by atoms with Crippen molar-refractivity contribution in [2.24, 2.45) is 16.7 Å². The fraction of sp³-hybridized carbons (Fsp3) is 0.588. The van der Waals surface area contributed by atoms with E-state index in [1.807, 2.05) is 46.0 Å². The van der Waals surface area contributed by atoms with Crippen molar-refractivity contribution in [2.75, 3.05) is 0 Å². The molecule has 0 amide bonds. The first kappa shape index (κ1) is 25.6. The maximum absolute atomic E-state index is 11.2. The van der Waals surface area contributed by atoms with Gasteiger partial charge in [0.15, 0.2) is 0 Å². The summed E-state index contributed by atoms with van der Waals surface area (Å²) in [6.07, 6.45) is 3.61. The molecular weight excluding hydrogens is 386 g/mol. The van der Waals surface area contributed by atoms with Crippen molar-refractivity contribution in [2.45, 2.75) is 66.4 Å². The van der Waals surface area contributed by atoms with E-state index in [1.54, 1.807) is 0 Å². The molecule has 0 radical (unpaired) electrons. The van der Waals surface area contributed by atoms with Crippen LogP contribution in [0, 0.1) is 6.92 Å². The molecule has 1 rings (SSSR count). The molecule has 7 nitrogen and oxygen atoms in total. The highest BCUT2D eigenvalue weighted by Gasteiger charge is 2.15. The Morgan fingerprint density at radius 1 is 1.32 bits per heavy atom. The van der Waals surface area contributed by atoms with Gasteiger partial charge in [0.2, 0.25) is 0 Å². The summed E-state index contributed by atoms with van der Waals surface area (Å²) in [6, 6.07) is 3.94. The molecule has 0 aliphatic rings. The van der Waals surface area contributed by atoms with E-state index in [2.05, 4.69) is 45.4 Å². The monoisotopic (exact) mass is 417 g/mol. The molecule has 0 unspecified atom stereocenters. The van der Waals surface area contributed by atoms with Gasteiger partial charge in [0.1, 0.15) is 16.0 Å². The molecule has 0 aliphatic heterocycles. The van der Waals surface area contributed by atoms with E-state index in [4.69, 9.17) is 16.3 Å². The Kier molecular flexibility index (Phi) is 15.0. The van der Waals surface area contributed by atoms with Gasteiger partial charge >= 0.3 is 5.97 Å². The molecule has 1 aromatic heterocycles. The third-order valence-electron chi connectivity index (χ3n) is 2.09. The summed E-state index contributed by atoms with van der Waals surface area (Å²) in [7, 11) is 0. The number of carbonyl (C=O) groups excluding carboxylic acids is 1. The molecule has 0 aliphatic carbocycles. The first-order chi connectivity index (χ1) is 11.6. The van der Waals surface area contributed by atoms with Crippen LogP contribution in [0.5, 0.6) is 0 Å². The lowest BCUT2D eigenvalue weighted by Gasteiger charge is -2.19. The number of hydrazone groups is 1. The summed E-state index contributed by atoms with van der Waals surface area (Å²) >= 11 is 3.23. The lowest BCUT2D eigenvalue weighted by atomic mass is 10.2. The second-order valence-electron chi connectivity index (χ2n) is 6.18. The summed E-state index contributed by atoms with van der Waals surface area (Å²) < 4.78 is 5.96. The number of hydrogen-bond donors (Lipinski definition) is 3. The van der Waals surface area contributed by atoms with E-state index in [1.165, 1.54) is 12.0 Å². The van der Waals surface area contributed by atoms with Crippen molar-refractivity contribution in [3.63, 3.8) is 0 Å². The van der Waals surface area contributed by atoms with Crippen LogP contribution in [0.1, 0.15) is 59.4 Å². The number of nitrogens with one attached hydrogen (secondary N) is 1. The van der Waals surface area contributed by atoms with E-state index < -0.39 is 5.60 Å². The van der Waals surface area contributed by atoms with Crippen LogP contribution in [0.25, 0.3) is 0 Å². The Labute approximate surface area is 159 Å². The number of nitrogens with zero attached hydrogens (tertiary/aromatic N) is 2. The average molecular weight is 418 g/mol. The molecule has 0 aromatic carbocycles. The fourth-order valence-electron chi connectivity index (χ4n) is 1.21. The van der Waals surface area contributed by atoms with E-state index in [0.29, 0.717) is 6.42 Å². The Balaban J connectivity index is 0. The quantitative estimate of drug-likeness (QED) is 0.172. The Morgan fingerprint density at radius 2 is 1.88 bits per heavy atom. The van der Waals surface area contributed by atoms with E-state index in [9.17, 15) is 4.79 Å². The van der Waals surface area contributed by atoms with Crippen LogP contribution in [-0.2, 0) is 9.53 Å². The average Bonchev–Trinajstić information content (AvgIpc) is 2.48. The molecule has 144 valence electrons. The predicted molar refractivity (Wildman–Crippen MR) is 107 cm³/mol. The molecule has 0 fully saturated rings. The molecule has 0 bridgehead atoms. The van der Waals surface area contributed by atoms with Gasteiger partial charge in [-0.25, -0.2) is 16.4 Å². The second-order valence-corrected chi connectivity index (χ2v) is 7.00. The number of hydrogen-bond acceptors (Lipinski definition) is 6. The van der Waals surface area contributed by atoms with Crippen molar-refractivity contribution in [3.8, 4) is 0 Å². The van der Waals surface area contributed by atoms with Gasteiger partial charge in [-0.3, -0.25) is 4.79 Å². The summed E-state index contributed by atoms with van der Waals surface area (Å²) in [6.45, 7) is 11.7. The van der Waals surface area contributed by atoms with E-state index in [0.717, 1.165) is 4.60 Å². The molecule has 1 heterocycles. The van der Waals surface area contributed by atoms with E-state index >= 15 is 0 Å². The Bertz CT molecular complexity index is 478. The van der Waals surface area contributed by atoms with Crippen molar-refractivity contribution in [1.29, 1.82) is 0 Å². The number of ether oxygens (including phenoxy) is 1.